The molecule has 0 saturated carbocycles. The van der Waals surface area contributed by atoms with E-state index in [-0.39, 0.29) is 12.7 Å². The molecule has 1 fully saturated rings. The predicted octanol–water partition coefficient (Wildman–Crippen LogP) is 2.11. The fraction of sp³-hybridized carbons (Fsp3) is 0.643. The zero-order chi connectivity index (χ0) is 13.7. The molecule has 0 radical (unpaired) electrons. The highest BCUT2D eigenvalue weighted by atomic mass is 19.1. The summed E-state index contributed by atoms with van der Waals surface area (Å²) in [6.45, 7) is 4.29. The molecule has 4 nitrogen and oxygen atoms in total. The third-order valence-electron chi connectivity index (χ3n) is 3.32. The van der Waals surface area contributed by atoms with E-state index < -0.39 is 5.82 Å². The van der Waals surface area contributed by atoms with E-state index >= 15 is 0 Å². The second kappa shape index (κ2) is 6.82. The van der Waals surface area contributed by atoms with Gasteiger partial charge < -0.3 is 14.7 Å². The van der Waals surface area contributed by atoms with E-state index in [1.165, 1.54) is 12.3 Å². The summed E-state index contributed by atoms with van der Waals surface area (Å²) in [5.41, 5.74) is 0.538. The van der Waals surface area contributed by atoms with Crippen molar-refractivity contribution < 1.29 is 14.2 Å². The van der Waals surface area contributed by atoms with Crippen LogP contribution in [0.2, 0.25) is 0 Å². The number of halogens is 1. The van der Waals surface area contributed by atoms with Crippen LogP contribution in [-0.2, 0) is 11.3 Å². The van der Waals surface area contributed by atoms with E-state index in [1.807, 2.05) is 0 Å². The molecule has 1 atom stereocenters. The molecule has 1 N–H and O–H groups in total. The average molecular weight is 268 g/mol. The third kappa shape index (κ3) is 3.64. The number of hydrogen-bond acceptors (Lipinski definition) is 4. The van der Waals surface area contributed by atoms with Crippen LogP contribution in [0.4, 0.5) is 10.2 Å². The summed E-state index contributed by atoms with van der Waals surface area (Å²) >= 11 is 0. The monoisotopic (exact) mass is 268 g/mol. The van der Waals surface area contributed by atoms with Crippen molar-refractivity contribution in [3.63, 3.8) is 0 Å². The van der Waals surface area contributed by atoms with Crippen LogP contribution < -0.4 is 4.90 Å². The van der Waals surface area contributed by atoms with Gasteiger partial charge in [0, 0.05) is 25.3 Å². The standard InChI is InChI=1S/C14H21FN2O2/c1-2-6-19-13-4-3-5-17(9-13)14-11(10-18)7-12(15)8-16-14/h7-8,13,18H,2-6,9-10H2,1H3. The third-order valence-corrected chi connectivity index (χ3v) is 3.32. The Hall–Kier alpha value is -1.20. The second-order valence-corrected chi connectivity index (χ2v) is 4.88. The number of piperidine rings is 1. The SMILES string of the molecule is CCCOC1CCCN(c2ncc(F)cc2CO)C1. The Morgan fingerprint density at radius 3 is 3.16 bits per heavy atom. The number of pyridine rings is 1. The minimum atomic E-state index is -0.413. The normalized spacial score (nSPS) is 19.7. The molecule has 1 unspecified atom stereocenters. The molecule has 0 spiro atoms. The highest BCUT2D eigenvalue weighted by Gasteiger charge is 2.23. The molecular formula is C14H21FN2O2. The van der Waals surface area contributed by atoms with Gasteiger partial charge in [-0.3, -0.25) is 0 Å². The van der Waals surface area contributed by atoms with Crippen LogP contribution in [0.25, 0.3) is 0 Å². The number of anilines is 1. The summed E-state index contributed by atoms with van der Waals surface area (Å²) < 4.78 is 18.9. The maximum Gasteiger partial charge on any atom is 0.142 e. The van der Waals surface area contributed by atoms with Gasteiger partial charge in [0.15, 0.2) is 0 Å². The minimum Gasteiger partial charge on any atom is -0.392 e. The highest BCUT2D eigenvalue weighted by Crippen LogP contribution is 2.23. The predicted molar refractivity (Wildman–Crippen MR) is 71.6 cm³/mol. The van der Waals surface area contributed by atoms with Gasteiger partial charge in [0.2, 0.25) is 0 Å². The van der Waals surface area contributed by atoms with Crippen molar-refractivity contribution in [1.82, 2.24) is 4.98 Å². The van der Waals surface area contributed by atoms with Gasteiger partial charge in [0.25, 0.3) is 0 Å². The molecular weight excluding hydrogens is 247 g/mol. The summed E-state index contributed by atoms with van der Waals surface area (Å²) in [5.74, 6) is 0.261. The number of nitrogens with zero attached hydrogens (tertiary/aromatic N) is 2. The largest absolute Gasteiger partial charge is 0.392 e. The van der Waals surface area contributed by atoms with Gasteiger partial charge in [0.1, 0.15) is 11.6 Å². The van der Waals surface area contributed by atoms with E-state index in [0.717, 1.165) is 39.0 Å². The number of ether oxygens (including phenoxy) is 1. The second-order valence-electron chi connectivity index (χ2n) is 4.88. The van der Waals surface area contributed by atoms with E-state index in [1.54, 1.807) is 0 Å². The Kier molecular flexibility index (Phi) is 5.10. The van der Waals surface area contributed by atoms with Crippen molar-refractivity contribution in [2.45, 2.75) is 38.9 Å². The first kappa shape index (κ1) is 14.2. The van der Waals surface area contributed by atoms with Crippen molar-refractivity contribution in [2.75, 3.05) is 24.6 Å². The van der Waals surface area contributed by atoms with Crippen LogP contribution in [-0.4, -0.2) is 35.9 Å². The minimum absolute atomic E-state index is 0.197. The van der Waals surface area contributed by atoms with E-state index in [2.05, 4.69) is 16.8 Å². The quantitative estimate of drug-likeness (QED) is 0.888. The lowest BCUT2D eigenvalue weighted by atomic mass is 10.1. The maximum atomic E-state index is 13.1. The van der Waals surface area contributed by atoms with Crippen LogP contribution >= 0.6 is 0 Å². The zero-order valence-electron chi connectivity index (χ0n) is 11.3. The summed E-state index contributed by atoms with van der Waals surface area (Å²) in [6, 6.07) is 1.35. The van der Waals surface area contributed by atoms with Gasteiger partial charge >= 0.3 is 0 Å². The number of aliphatic hydroxyl groups excluding tert-OH is 1. The molecule has 0 amide bonds. The summed E-state index contributed by atoms with van der Waals surface area (Å²) in [7, 11) is 0. The van der Waals surface area contributed by atoms with Crippen LogP contribution in [0.15, 0.2) is 12.3 Å². The van der Waals surface area contributed by atoms with Gasteiger partial charge in [-0.1, -0.05) is 6.92 Å². The first-order valence-electron chi connectivity index (χ1n) is 6.86. The fourth-order valence-electron chi connectivity index (χ4n) is 2.43. The smallest absolute Gasteiger partial charge is 0.142 e. The summed E-state index contributed by atoms with van der Waals surface area (Å²) in [6.07, 6.45) is 4.48. The summed E-state index contributed by atoms with van der Waals surface area (Å²) in [4.78, 5) is 6.20. The number of hydrogen-bond donors (Lipinski definition) is 1. The molecule has 1 aromatic heterocycles. The van der Waals surface area contributed by atoms with Crippen molar-refractivity contribution in [1.29, 1.82) is 0 Å². The first-order valence-corrected chi connectivity index (χ1v) is 6.86. The maximum absolute atomic E-state index is 13.1. The fourth-order valence-corrected chi connectivity index (χ4v) is 2.43. The molecule has 1 aliphatic heterocycles. The molecule has 2 heterocycles. The van der Waals surface area contributed by atoms with E-state index in [0.29, 0.717) is 11.4 Å². The Balaban J connectivity index is 2.08. The van der Waals surface area contributed by atoms with Gasteiger partial charge in [-0.2, -0.15) is 0 Å². The number of aliphatic hydroxyl groups is 1. The molecule has 1 saturated heterocycles. The molecule has 1 aliphatic rings. The topological polar surface area (TPSA) is 45.6 Å². The Labute approximate surface area is 113 Å². The Morgan fingerprint density at radius 1 is 1.58 bits per heavy atom. The lowest BCUT2D eigenvalue weighted by Gasteiger charge is -2.34. The van der Waals surface area contributed by atoms with Crippen molar-refractivity contribution in [3.8, 4) is 0 Å². The van der Waals surface area contributed by atoms with Gasteiger partial charge in [-0.05, 0) is 25.3 Å². The van der Waals surface area contributed by atoms with Crippen LogP contribution in [0.5, 0.6) is 0 Å². The molecule has 5 heteroatoms. The zero-order valence-corrected chi connectivity index (χ0v) is 11.3. The molecule has 0 aliphatic carbocycles. The Morgan fingerprint density at radius 2 is 2.42 bits per heavy atom. The molecule has 1 aromatic rings. The molecule has 2 rings (SSSR count). The molecule has 19 heavy (non-hydrogen) atoms. The summed E-state index contributed by atoms with van der Waals surface area (Å²) in [5, 5.41) is 9.32. The number of rotatable bonds is 5. The van der Waals surface area contributed by atoms with Gasteiger partial charge in [-0.25, -0.2) is 9.37 Å². The lowest BCUT2D eigenvalue weighted by molar-refractivity contribution is 0.0438. The Bertz CT molecular complexity index is 414. The molecule has 0 bridgehead atoms. The van der Waals surface area contributed by atoms with E-state index in [9.17, 15) is 9.50 Å². The lowest BCUT2D eigenvalue weighted by Crippen LogP contribution is -2.40. The van der Waals surface area contributed by atoms with Crippen molar-refractivity contribution >= 4 is 5.82 Å². The average Bonchev–Trinajstić information content (AvgIpc) is 2.45. The number of aromatic nitrogens is 1. The van der Waals surface area contributed by atoms with Crippen molar-refractivity contribution in [3.05, 3.63) is 23.6 Å². The van der Waals surface area contributed by atoms with Crippen LogP contribution in [0, 0.1) is 5.82 Å². The highest BCUT2D eigenvalue weighted by molar-refractivity contribution is 5.47. The van der Waals surface area contributed by atoms with Crippen molar-refractivity contribution in [2.24, 2.45) is 0 Å². The van der Waals surface area contributed by atoms with Crippen LogP contribution in [0.1, 0.15) is 31.7 Å². The van der Waals surface area contributed by atoms with Gasteiger partial charge in [0.05, 0.1) is 18.9 Å². The molecule has 0 aromatic carbocycles. The van der Waals surface area contributed by atoms with E-state index in [4.69, 9.17) is 4.74 Å². The van der Waals surface area contributed by atoms with Gasteiger partial charge in [-0.15, -0.1) is 0 Å². The molecule has 106 valence electrons. The van der Waals surface area contributed by atoms with Crippen LogP contribution in [0.3, 0.4) is 0 Å². The first-order chi connectivity index (χ1) is 9.24.